The molecule has 0 saturated heterocycles. The molecule has 0 bridgehead atoms. The van der Waals surface area contributed by atoms with Gasteiger partial charge in [0.05, 0.1) is 12.6 Å². The lowest BCUT2D eigenvalue weighted by atomic mass is 10.2. The van der Waals surface area contributed by atoms with Gasteiger partial charge in [-0.15, -0.1) is 0 Å². The molecule has 0 spiro atoms. The zero-order valence-electron chi connectivity index (χ0n) is 8.73. The predicted octanol–water partition coefficient (Wildman–Crippen LogP) is 1.74. The lowest BCUT2D eigenvalue weighted by Gasteiger charge is -2.17. The van der Waals surface area contributed by atoms with Crippen LogP contribution in [-0.4, -0.2) is 22.9 Å². The predicted molar refractivity (Wildman–Crippen MR) is 67.0 cm³/mol. The van der Waals surface area contributed by atoms with Gasteiger partial charge in [0.1, 0.15) is 0 Å². The fraction of sp³-hybridized carbons (Fsp3) is 0.364. The molecule has 15 heavy (non-hydrogen) atoms. The van der Waals surface area contributed by atoms with E-state index in [1.165, 1.54) is 0 Å². The molecule has 1 aromatic rings. The van der Waals surface area contributed by atoms with E-state index in [0.717, 1.165) is 12.1 Å². The molecule has 0 aliphatic rings. The molecule has 3 N–H and O–H groups in total. The number of benzene rings is 1. The van der Waals surface area contributed by atoms with Crippen molar-refractivity contribution in [3.63, 3.8) is 0 Å². The molecule has 4 heteroatoms. The van der Waals surface area contributed by atoms with Crippen molar-refractivity contribution in [1.82, 2.24) is 5.32 Å². The Morgan fingerprint density at radius 1 is 1.40 bits per heavy atom. The van der Waals surface area contributed by atoms with Crippen LogP contribution in [0.1, 0.15) is 13.3 Å². The molecule has 0 aliphatic carbocycles. The monoisotopic (exact) mass is 224 g/mol. The zero-order valence-corrected chi connectivity index (χ0v) is 9.55. The average molecular weight is 224 g/mol. The second-order valence-corrected chi connectivity index (χ2v) is 3.66. The van der Waals surface area contributed by atoms with Crippen LogP contribution in [0.5, 0.6) is 0 Å². The Labute approximate surface area is 95.5 Å². The van der Waals surface area contributed by atoms with Crippen LogP contribution in [0.3, 0.4) is 0 Å². The summed E-state index contributed by atoms with van der Waals surface area (Å²) in [5.74, 6) is 0. The van der Waals surface area contributed by atoms with Crippen molar-refractivity contribution < 1.29 is 5.11 Å². The molecule has 0 amide bonds. The Balaban J connectivity index is 2.43. The first kappa shape index (κ1) is 11.9. The maximum absolute atomic E-state index is 8.99. The number of hydrogen-bond acceptors (Lipinski definition) is 2. The third-order valence-corrected chi connectivity index (χ3v) is 2.30. The average Bonchev–Trinajstić information content (AvgIpc) is 2.27. The van der Waals surface area contributed by atoms with Crippen molar-refractivity contribution in [3.8, 4) is 0 Å². The second kappa shape index (κ2) is 6.37. The van der Waals surface area contributed by atoms with E-state index in [1.807, 2.05) is 37.3 Å². The van der Waals surface area contributed by atoms with Crippen LogP contribution in [0.25, 0.3) is 0 Å². The van der Waals surface area contributed by atoms with E-state index >= 15 is 0 Å². The minimum atomic E-state index is 0.0220. The molecule has 0 saturated carbocycles. The van der Waals surface area contributed by atoms with E-state index < -0.39 is 0 Å². The van der Waals surface area contributed by atoms with Crippen molar-refractivity contribution in [2.45, 2.75) is 19.4 Å². The molecule has 1 aromatic carbocycles. The van der Waals surface area contributed by atoms with E-state index in [2.05, 4.69) is 10.6 Å². The normalized spacial score (nSPS) is 11.9. The van der Waals surface area contributed by atoms with Crippen LogP contribution in [0.4, 0.5) is 5.69 Å². The van der Waals surface area contributed by atoms with Gasteiger partial charge in [-0.25, -0.2) is 0 Å². The molecular formula is C11H16N2OS. The van der Waals surface area contributed by atoms with E-state index in [1.54, 1.807) is 0 Å². The Kier molecular flexibility index (Phi) is 5.07. The molecule has 1 unspecified atom stereocenters. The summed E-state index contributed by atoms with van der Waals surface area (Å²) in [6.07, 6.45) is 0.840. The van der Waals surface area contributed by atoms with Crippen molar-refractivity contribution >= 4 is 23.0 Å². The largest absolute Gasteiger partial charge is 0.394 e. The molecule has 0 aromatic heterocycles. The van der Waals surface area contributed by atoms with Gasteiger partial charge in [-0.1, -0.05) is 25.1 Å². The number of anilines is 1. The first-order valence-electron chi connectivity index (χ1n) is 4.99. The first-order valence-corrected chi connectivity index (χ1v) is 5.40. The highest BCUT2D eigenvalue weighted by Gasteiger charge is 2.05. The van der Waals surface area contributed by atoms with Gasteiger partial charge in [0.25, 0.3) is 0 Å². The molecule has 0 heterocycles. The van der Waals surface area contributed by atoms with Crippen LogP contribution in [0.2, 0.25) is 0 Å². The Bertz CT molecular complexity index is 299. The number of rotatable bonds is 4. The molecule has 3 nitrogen and oxygen atoms in total. The smallest absolute Gasteiger partial charge is 0.171 e. The highest BCUT2D eigenvalue weighted by atomic mass is 32.1. The summed E-state index contributed by atoms with van der Waals surface area (Å²) in [4.78, 5) is 0. The third-order valence-electron chi connectivity index (χ3n) is 2.08. The number of aliphatic hydroxyl groups excluding tert-OH is 1. The van der Waals surface area contributed by atoms with Gasteiger partial charge >= 0.3 is 0 Å². The Morgan fingerprint density at radius 2 is 2.07 bits per heavy atom. The number of hydrogen-bond donors (Lipinski definition) is 3. The van der Waals surface area contributed by atoms with Crippen LogP contribution in [0.15, 0.2) is 30.3 Å². The lowest BCUT2D eigenvalue weighted by molar-refractivity contribution is 0.253. The Hall–Kier alpha value is -1.13. The van der Waals surface area contributed by atoms with Crippen LogP contribution in [-0.2, 0) is 0 Å². The van der Waals surface area contributed by atoms with Gasteiger partial charge in [0, 0.05) is 5.69 Å². The van der Waals surface area contributed by atoms with Crippen molar-refractivity contribution in [1.29, 1.82) is 0 Å². The second-order valence-electron chi connectivity index (χ2n) is 3.25. The topological polar surface area (TPSA) is 44.3 Å². The van der Waals surface area contributed by atoms with E-state index in [9.17, 15) is 0 Å². The number of para-hydroxylation sites is 1. The SMILES string of the molecule is CCC(CO)NC(=S)Nc1ccccc1. The number of nitrogens with one attached hydrogen (secondary N) is 2. The minimum Gasteiger partial charge on any atom is -0.394 e. The lowest BCUT2D eigenvalue weighted by Crippen LogP contribution is -2.39. The van der Waals surface area contributed by atoms with E-state index in [-0.39, 0.29) is 12.6 Å². The quantitative estimate of drug-likeness (QED) is 0.682. The van der Waals surface area contributed by atoms with Crippen molar-refractivity contribution in [3.05, 3.63) is 30.3 Å². The third kappa shape index (κ3) is 4.27. The molecule has 82 valence electrons. The fourth-order valence-corrected chi connectivity index (χ4v) is 1.44. The van der Waals surface area contributed by atoms with Crippen LogP contribution >= 0.6 is 12.2 Å². The molecule has 1 atom stereocenters. The van der Waals surface area contributed by atoms with Crippen LogP contribution in [0, 0.1) is 0 Å². The summed E-state index contributed by atoms with van der Waals surface area (Å²) >= 11 is 5.11. The van der Waals surface area contributed by atoms with Crippen molar-refractivity contribution in [2.75, 3.05) is 11.9 Å². The van der Waals surface area contributed by atoms with Gasteiger partial charge in [0.2, 0.25) is 0 Å². The summed E-state index contributed by atoms with van der Waals surface area (Å²) in [6.45, 7) is 2.09. The Morgan fingerprint density at radius 3 is 2.60 bits per heavy atom. The molecular weight excluding hydrogens is 208 g/mol. The maximum Gasteiger partial charge on any atom is 0.171 e. The number of thiocarbonyl (C=S) groups is 1. The molecule has 1 rings (SSSR count). The highest BCUT2D eigenvalue weighted by molar-refractivity contribution is 7.80. The minimum absolute atomic E-state index is 0.0220. The van der Waals surface area contributed by atoms with Gasteiger partial charge in [-0.2, -0.15) is 0 Å². The maximum atomic E-state index is 8.99. The first-order chi connectivity index (χ1) is 7.26. The van der Waals surface area contributed by atoms with Gasteiger partial charge in [0.15, 0.2) is 5.11 Å². The summed E-state index contributed by atoms with van der Waals surface area (Å²) in [6, 6.07) is 9.72. The van der Waals surface area contributed by atoms with E-state index in [4.69, 9.17) is 17.3 Å². The highest BCUT2D eigenvalue weighted by Crippen LogP contribution is 2.04. The van der Waals surface area contributed by atoms with Gasteiger partial charge in [-0.3, -0.25) is 0 Å². The zero-order chi connectivity index (χ0) is 11.1. The van der Waals surface area contributed by atoms with Gasteiger partial charge in [-0.05, 0) is 30.8 Å². The summed E-state index contributed by atoms with van der Waals surface area (Å²) in [7, 11) is 0. The molecule has 0 fully saturated rings. The summed E-state index contributed by atoms with van der Waals surface area (Å²) in [5, 5.41) is 15.6. The summed E-state index contributed by atoms with van der Waals surface area (Å²) < 4.78 is 0. The standard InChI is InChI=1S/C11H16N2OS/c1-2-9(8-14)12-11(15)13-10-6-4-3-5-7-10/h3-7,9,14H,2,8H2,1H3,(H2,12,13,15). The van der Waals surface area contributed by atoms with Crippen molar-refractivity contribution in [2.24, 2.45) is 0 Å². The van der Waals surface area contributed by atoms with E-state index in [0.29, 0.717) is 5.11 Å². The van der Waals surface area contributed by atoms with Crippen LogP contribution < -0.4 is 10.6 Å². The van der Waals surface area contributed by atoms with Gasteiger partial charge < -0.3 is 15.7 Å². The number of aliphatic hydroxyl groups is 1. The summed E-state index contributed by atoms with van der Waals surface area (Å²) in [5.41, 5.74) is 0.947. The fourth-order valence-electron chi connectivity index (χ4n) is 1.15. The molecule has 0 aliphatic heterocycles. The molecule has 0 radical (unpaired) electrons.